The van der Waals surface area contributed by atoms with Crippen LogP contribution in [0.15, 0.2) is 10.8 Å². The van der Waals surface area contributed by atoms with E-state index >= 15 is 0 Å². The Labute approximate surface area is 109 Å². The van der Waals surface area contributed by atoms with Gasteiger partial charge in [0.1, 0.15) is 0 Å². The summed E-state index contributed by atoms with van der Waals surface area (Å²) in [5, 5.41) is 15.4. The summed E-state index contributed by atoms with van der Waals surface area (Å²) in [6, 6.07) is 0. The van der Waals surface area contributed by atoms with E-state index in [1.807, 2.05) is 24.3 Å². The SMILES string of the molecule is Cc1nc(CN(C)c2nc(C(C)O)cs2)cs1. The Morgan fingerprint density at radius 2 is 2.12 bits per heavy atom. The van der Waals surface area contributed by atoms with Gasteiger partial charge in [0, 0.05) is 17.8 Å². The highest BCUT2D eigenvalue weighted by molar-refractivity contribution is 7.13. The van der Waals surface area contributed by atoms with Crippen molar-refractivity contribution in [1.29, 1.82) is 0 Å². The van der Waals surface area contributed by atoms with Crippen molar-refractivity contribution in [3.05, 3.63) is 27.2 Å². The van der Waals surface area contributed by atoms with Gasteiger partial charge in [0.2, 0.25) is 0 Å². The Balaban J connectivity index is 2.06. The normalized spacial score (nSPS) is 12.7. The van der Waals surface area contributed by atoms with Gasteiger partial charge in [-0.15, -0.1) is 22.7 Å². The molecular weight excluding hydrogens is 254 g/mol. The van der Waals surface area contributed by atoms with Crippen LogP contribution in [0.3, 0.4) is 0 Å². The van der Waals surface area contributed by atoms with Gasteiger partial charge in [-0.1, -0.05) is 0 Å². The molecule has 0 radical (unpaired) electrons. The molecule has 0 aliphatic heterocycles. The number of aliphatic hydroxyl groups is 1. The van der Waals surface area contributed by atoms with Gasteiger partial charge >= 0.3 is 0 Å². The molecule has 1 atom stereocenters. The Morgan fingerprint density at radius 3 is 2.65 bits per heavy atom. The first-order valence-electron chi connectivity index (χ1n) is 5.32. The number of aromatic nitrogens is 2. The number of hydrogen-bond donors (Lipinski definition) is 1. The van der Waals surface area contributed by atoms with Crippen LogP contribution in [0, 0.1) is 6.92 Å². The average Bonchev–Trinajstić information content (AvgIpc) is 2.86. The topological polar surface area (TPSA) is 49.2 Å². The standard InChI is InChI=1S/C11H15N3OS2/c1-7(15)10-6-17-11(13-10)14(3)4-9-5-16-8(2)12-9/h5-7,15H,4H2,1-3H3. The third kappa shape index (κ3) is 3.02. The van der Waals surface area contributed by atoms with Gasteiger partial charge in [0.25, 0.3) is 0 Å². The van der Waals surface area contributed by atoms with Crippen molar-refractivity contribution < 1.29 is 5.11 Å². The average molecular weight is 269 g/mol. The molecule has 0 bridgehead atoms. The second-order valence-corrected chi connectivity index (χ2v) is 5.84. The lowest BCUT2D eigenvalue weighted by atomic mass is 10.3. The first-order valence-corrected chi connectivity index (χ1v) is 7.08. The quantitative estimate of drug-likeness (QED) is 0.927. The van der Waals surface area contributed by atoms with E-state index in [-0.39, 0.29) is 0 Å². The van der Waals surface area contributed by atoms with Gasteiger partial charge in [-0.3, -0.25) is 0 Å². The fraction of sp³-hybridized carbons (Fsp3) is 0.455. The number of aryl methyl sites for hydroxylation is 1. The van der Waals surface area contributed by atoms with Gasteiger partial charge < -0.3 is 10.0 Å². The van der Waals surface area contributed by atoms with Crippen molar-refractivity contribution in [1.82, 2.24) is 9.97 Å². The molecule has 6 heteroatoms. The van der Waals surface area contributed by atoms with Crippen LogP contribution in [0.4, 0.5) is 5.13 Å². The van der Waals surface area contributed by atoms with Crippen molar-refractivity contribution in [2.24, 2.45) is 0 Å². The van der Waals surface area contributed by atoms with E-state index in [1.54, 1.807) is 29.6 Å². The molecule has 0 fully saturated rings. The fourth-order valence-corrected chi connectivity index (χ4v) is 2.92. The molecule has 0 spiro atoms. The molecule has 2 rings (SSSR count). The summed E-state index contributed by atoms with van der Waals surface area (Å²) in [7, 11) is 1.99. The predicted octanol–water partition coefficient (Wildman–Crippen LogP) is 2.60. The van der Waals surface area contributed by atoms with Crippen LogP contribution in [-0.2, 0) is 6.54 Å². The van der Waals surface area contributed by atoms with Crippen LogP contribution in [0.1, 0.15) is 29.4 Å². The van der Waals surface area contributed by atoms with Crippen molar-refractivity contribution in [3.63, 3.8) is 0 Å². The summed E-state index contributed by atoms with van der Waals surface area (Å²) < 4.78 is 0. The lowest BCUT2D eigenvalue weighted by Crippen LogP contribution is -2.16. The monoisotopic (exact) mass is 269 g/mol. The molecule has 0 saturated heterocycles. The van der Waals surface area contributed by atoms with Gasteiger partial charge in [0.15, 0.2) is 5.13 Å². The van der Waals surface area contributed by atoms with Crippen LogP contribution in [0.5, 0.6) is 0 Å². The maximum Gasteiger partial charge on any atom is 0.185 e. The highest BCUT2D eigenvalue weighted by Gasteiger charge is 2.11. The van der Waals surface area contributed by atoms with Gasteiger partial charge in [-0.2, -0.15) is 0 Å². The molecule has 0 aliphatic rings. The zero-order valence-corrected chi connectivity index (χ0v) is 11.7. The molecule has 2 aromatic rings. The maximum absolute atomic E-state index is 9.43. The molecule has 0 aliphatic carbocycles. The van der Waals surface area contributed by atoms with E-state index in [2.05, 4.69) is 15.3 Å². The Kier molecular flexibility index (Phi) is 3.76. The molecule has 1 unspecified atom stereocenters. The highest BCUT2D eigenvalue weighted by Crippen LogP contribution is 2.24. The van der Waals surface area contributed by atoms with E-state index in [0.717, 1.165) is 28.1 Å². The van der Waals surface area contributed by atoms with Crippen LogP contribution >= 0.6 is 22.7 Å². The first-order chi connectivity index (χ1) is 8.06. The summed E-state index contributed by atoms with van der Waals surface area (Å²) in [5.41, 5.74) is 1.79. The molecule has 0 saturated carbocycles. The van der Waals surface area contributed by atoms with E-state index in [4.69, 9.17) is 0 Å². The van der Waals surface area contributed by atoms with Crippen molar-refractivity contribution >= 4 is 27.8 Å². The maximum atomic E-state index is 9.43. The van der Waals surface area contributed by atoms with Gasteiger partial charge in [-0.25, -0.2) is 9.97 Å². The molecule has 0 amide bonds. The number of aliphatic hydroxyl groups excluding tert-OH is 1. The summed E-state index contributed by atoms with van der Waals surface area (Å²) >= 11 is 3.20. The molecular formula is C11H15N3OS2. The van der Waals surface area contributed by atoms with Gasteiger partial charge in [-0.05, 0) is 13.8 Å². The smallest absolute Gasteiger partial charge is 0.185 e. The zero-order valence-electron chi connectivity index (χ0n) is 10.0. The lowest BCUT2D eigenvalue weighted by molar-refractivity contribution is 0.195. The van der Waals surface area contributed by atoms with Crippen LogP contribution in [0.2, 0.25) is 0 Å². The minimum atomic E-state index is -0.505. The predicted molar refractivity (Wildman–Crippen MR) is 71.7 cm³/mol. The van der Waals surface area contributed by atoms with Crippen molar-refractivity contribution in [2.45, 2.75) is 26.5 Å². The number of nitrogens with zero attached hydrogens (tertiary/aromatic N) is 3. The van der Waals surface area contributed by atoms with Crippen LogP contribution in [0.25, 0.3) is 0 Å². The number of anilines is 1. The van der Waals surface area contributed by atoms with Crippen molar-refractivity contribution in [2.75, 3.05) is 11.9 Å². The van der Waals surface area contributed by atoms with E-state index in [0.29, 0.717) is 0 Å². The molecule has 17 heavy (non-hydrogen) atoms. The third-order valence-corrected chi connectivity index (χ3v) is 4.13. The molecule has 4 nitrogen and oxygen atoms in total. The van der Waals surface area contributed by atoms with E-state index in [9.17, 15) is 5.11 Å². The number of hydrogen-bond acceptors (Lipinski definition) is 6. The summed E-state index contributed by atoms with van der Waals surface area (Å²) in [5.74, 6) is 0. The van der Waals surface area contributed by atoms with Crippen LogP contribution in [-0.4, -0.2) is 22.1 Å². The minimum absolute atomic E-state index is 0.505. The molecule has 1 N–H and O–H groups in total. The van der Waals surface area contributed by atoms with Gasteiger partial charge in [0.05, 0.1) is 29.0 Å². The minimum Gasteiger partial charge on any atom is -0.387 e. The summed E-state index contributed by atoms with van der Waals surface area (Å²) in [6.45, 7) is 4.48. The van der Waals surface area contributed by atoms with E-state index in [1.165, 1.54) is 0 Å². The molecule has 0 aromatic carbocycles. The van der Waals surface area contributed by atoms with E-state index < -0.39 is 6.10 Å². The second kappa shape index (κ2) is 5.12. The Morgan fingerprint density at radius 1 is 1.35 bits per heavy atom. The molecule has 2 aromatic heterocycles. The molecule has 92 valence electrons. The summed E-state index contributed by atoms with van der Waals surface area (Å²) in [6.07, 6.45) is -0.505. The molecule has 2 heterocycles. The Hall–Kier alpha value is -0.980. The first kappa shape index (κ1) is 12.5. The summed E-state index contributed by atoms with van der Waals surface area (Å²) in [4.78, 5) is 10.9. The Bertz CT molecular complexity index is 492. The fourth-order valence-electron chi connectivity index (χ4n) is 1.43. The largest absolute Gasteiger partial charge is 0.387 e. The number of rotatable bonds is 4. The van der Waals surface area contributed by atoms with Crippen LogP contribution < -0.4 is 4.90 Å². The highest BCUT2D eigenvalue weighted by atomic mass is 32.1. The zero-order chi connectivity index (χ0) is 12.4. The lowest BCUT2D eigenvalue weighted by Gasteiger charge is -2.13. The third-order valence-electron chi connectivity index (χ3n) is 2.33. The second-order valence-electron chi connectivity index (χ2n) is 3.94. The number of thiazole rings is 2. The van der Waals surface area contributed by atoms with Crippen molar-refractivity contribution in [3.8, 4) is 0 Å².